The molecule has 0 saturated carbocycles. The van der Waals surface area contributed by atoms with Crippen LogP contribution in [0.15, 0.2) is 4.99 Å². The number of nitrogens with one attached hydrogen (secondary N) is 2. The van der Waals surface area contributed by atoms with Crippen molar-refractivity contribution in [3.05, 3.63) is 0 Å². The van der Waals surface area contributed by atoms with Gasteiger partial charge in [-0.25, -0.2) is 13.6 Å². The van der Waals surface area contributed by atoms with E-state index in [-0.39, 0.29) is 41.8 Å². The zero-order valence-corrected chi connectivity index (χ0v) is 17.3. The number of primary sulfonamides is 1. The predicted molar refractivity (Wildman–Crippen MR) is 104 cm³/mol. The topological polar surface area (TPSA) is 109 Å². The molecule has 23 heavy (non-hydrogen) atoms. The van der Waals surface area contributed by atoms with Crippen molar-refractivity contribution in [1.82, 2.24) is 15.5 Å². The van der Waals surface area contributed by atoms with Gasteiger partial charge < -0.3 is 15.4 Å². The van der Waals surface area contributed by atoms with E-state index in [2.05, 4.69) is 34.4 Å². The first-order valence-electron chi connectivity index (χ1n) is 7.60. The second kappa shape index (κ2) is 10.6. The highest BCUT2D eigenvalue weighted by Gasteiger charge is 2.28. The molecule has 10 heteroatoms. The molecule has 0 aliphatic carbocycles. The van der Waals surface area contributed by atoms with Crippen LogP contribution in [0.5, 0.6) is 0 Å². The van der Waals surface area contributed by atoms with Crippen molar-refractivity contribution < 1.29 is 13.2 Å². The molecule has 0 aromatic rings. The van der Waals surface area contributed by atoms with Gasteiger partial charge in [0, 0.05) is 31.7 Å². The fourth-order valence-corrected chi connectivity index (χ4v) is 2.58. The summed E-state index contributed by atoms with van der Waals surface area (Å²) in [5.74, 6) is 0.483. The first-order valence-corrected chi connectivity index (χ1v) is 9.31. The van der Waals surface area contributed by atoms with E-state index < -0.39 is 10.0 Å². The molecule has 138 valence electrons. The van der Waals surface area contributed by atoms with Crippen LogP contribution in [-0.2, 0) is 14.8 Å². The van der Waals surface area contributed by atoms with Crippen LogP contribution < -0.4 is 15.8 Å². The maximum atomic E-state index is 11.0. The Morgan fingerprint density at radius 3 is 2.43 bits per heavy atom. The van der Waals surface area contributed by atoms with E-state index in [1.54, 1.807) is 0 Å². The number of hydrogen-bond donors (Lipinski definition) is 3. The van der Waals surface area contributed by atoms with Crippen LogP contribution in [-0.4, -0.2) is 76.5 Å². The number of ether oxygens (including phenoxy) is 1. The highest BCUT2D eigenvalue weighted by Crippen LogP contribution is 2.16. The average Bonchev–Trinajstić information content (AvgIpc) is 2.44. The number of nitrogens with two attached hydrogens (primary N) is 1. The molecular weight excluding hydrogens is 433 g/mol. The number of sulfonamides is 1. The van der Waals surface area contributed by atoms with E-state index >= 15 is 0 Å². The van der Waals surface area contributed by atoms with Gasteiger partial charge in [0.05, 0.1) is 25.5 Å². The molecule has 0 amide bonds. The quantitative estimate of drug-likeness (QED) is 0.268. The van der Waals surface area contributed by atoms with E-state index in [0.717, 1.165) is 26.3 Å². The summed E-state index contributed by atoms with van der Waals surface area (Å²) in [6, 6.07) is 0. The van der Waals surface area contributed by atoms with Crippen molar-refractivity contribution in [1.29, 1.82) is 0 Å². The number of rotatable bonds is 7. The molecule has 0 aromatic heterocycles. The highest BCUT2D eigenvalue weighted by molar-refractivity contribution is 14.0. The maximum absolute atomic E-state index is 11.0. The molecule has 0 spiro atoms. The van der Waals surface area contributed by atoms with Crippen molar-refractivity contribution in [2.75, 3.05) is 51.7 Å². The van der Waals surface area contributed by atoms with E-state index in [4.69, 9.17) is 9.88 Å². The molecular formula is C13H30IN5O3S. The third-order valence-electron chi connectivity index (χ3n) is 3.51. The third-order valence-corrected chi connectivity index (χ3v) is 4.29. The molecule has 4 N–H and O–H groups in total. The number of guanidine groups is 1. The number of aliphatic imine (C=N–C) groups is 1. The normalized spacial score (nSPS) is 17.5. The summed E-state index contributed by atoms with van der Waals surface area (Å²) < 4.78 is 27.3. The minimum Gasteiger partial charge on any atom is -0.379 e. The van der Waals surface area contributed by atoms with Crippen LogP contribution in [0.1, 0.15) is 20.8 Å². The summed E-state index contributed by atoms with van der Waals surface area (Å²) >= 11 is 0. The molecule has 8 nitrogen and oxygen atoms in total. The molecule has 1 aliphatic rings. The van der Waals surface area contributed by atoms with Crippen LogP contribution >= 0.6 is 24.0 Å². The summed E-state index contributed by atoms with van der Waals surface area (Å²) in [5.41, 5.74) is -0.0773. The van der Waals surface area contributed by atoms with Crippen LogP contribution in [0.25, 0.3) is 0 Å². The Hall–Kier alpha value is -0.170. The lowest BCUT2D eigenvalue weighted by Gasteiger charge is -2.39. The summed E-state index contributed by atoms with van der Waals surface area (Å²) in [6.07, 6.45) is 0. The Kier molecular flexibility index (Phi) is 10.6. The Balaban J connectivity index is 0.00000484. The maximum Gasteiger partial charge on any atom is 0.210 e. The average molecular weight is 463 g/mol. The van der Waals surface area contributed by atoms with Crippen molar-refractivity contribution in [3.63, 3.8) is 0 Å². The van der Waals surface area contributed by atoms with Crippen molar-refractivity contribution in [2.45, 2.75) is 26.3 Å². The summed E-state index contributed by atoms with van der Waals surface area (Å²) in [6.45, 7) is 11.1. The summed E-state index contributed by atoms with van der Waals surface area (Å²) in [5, 5.41) is 11.1. The minimum absolute atomic E-state index is 0. The minimum atomic E-state index is -3.46. The van der Waals surface area contributed by atoms with Crippen molar-refractivity contribution >= 4 is 40.0 Å². The molecule has 1 saturated heterocycles. The number of halogens is 1. The van der Waals surface area contributed by atoms with Gasteiger partial charge in [-0.1, -0.05) is 0 Å². The van der Waals surface area contributed by atoms with Gasteiger partial charge in [0.25, 0.3) is 0 Å². The van der Waals surface area contributed by atoms with Gasteiger partial charge in [-0.15, -0.1) is 24.0 Å². The zero-order valence-electron chi connectivity index (χ0n) is 14.2. The van der Waals surface area contributed by atoms with Crippen LogP contribution in [0.4, 0.5) is 0 Å². The van der Waals surface area contributed by atoms with Gasteiger partial charge >= 0.3 is 0 Å². The first kappa shape index (κ1) is 22.8. The molecule has 0 unspecified atom stereocenters. The predicted octanol–water partition coefficient (Wildman–Crippen LogP) is -0.441. The first-order chi connectivity index (χ1) is 10.2. The zero-order chi connectivity index (χ0) is 16.6. The van der Waals surface area contributed by atoms with Gasteiger partial charge in [0.15, 0.2) is 5.96 Å². The SMILES string of the molecule is CCNC(=NCC(C)(C)N1CCOCC1)NCCS(N)(=O)=O.I. The monoisotopic (exact) mass is 463 g/mol. The molecule has 0 aromatic carbocycles. The van der Waals surface area contributed by atoms with Gasteiger partial charge in [0.2, 0.25) is 10.0 Å². The molecule has 0 atom stereocenters. The Morgan fingerprint density at radius 2 is 1.91 bits per heavy atom. The Bertz CT molecular complexity index is 464. The van der Waals surface area contributed by atoms with Gasteiger partial charge in [-0.3, -0.25) is 9.89 Å². The Labute approximate surface area is 156 Å². The Morgan fingerprint density at radius 1 is 1.30 bits per heavy atom. The lowest BCUT2D eigenvalue weighted by Crippen LogP contribution is -2.52. The molecule has 1 heterocycles. The van der Waals surface area contributed by atoms with Crippen LogP contribution in [0.3, 0.4) is 0 Å². The second-order valence-corrected chi connectivity index (χ2v) is 7.63. The lowest BCUT2D eigenvalue weighted by molar-refractivity contribution is -0.00683. The van der Waals surface area contributed by atoms with Gasteiger partial charge in [-0.2, -0.15) is 0 Å². The van der Waals surface area contributed by atoms with Crippen LogP contribution in [0, 0.1) is 0 Å². The molecule has 1 rings (SSSR count). The van der Waals surface area contributed by atoms with E-state index in [1.807, 2.05) is 6.92 Å². The second-order valence-electron chi connectivity index (χ2n) is 5.90. The molecule has 0 bridgehead atoms. The van der Waals surface area contributed by atoms with E-state index in [1.165, 1.54) is 0 Å². The van der Waals surface area contributed by atoms with E-state index in [9.17, 15) is 8.42 Å². The largest absolute Gasteiger partial charge is 0.379 e. The standard InChI is InChI=1S/C13H29N5O3S.HI/c1-4-15-12(16-5-10-22(14,19)20)17-11-13(2,3)18-6-8-21-9-7-18;/h4-11H2,1-3H3,(H2,14,19,20)(H2,15,16,17);1H. The lowest BCUT2D eigenvalue weighted by atomic mass is 10.0. The van der Waals surface area contributed by atoms with E-state index in [0.29, 0.717) is 19.0 Å². The van der Waals surface area contributed by atoms with Crippen molar-refractivity contribution in [3.8, 4) is 0 Å². The van der Waals surface area contributed by atoms with Gasteiger partial charge in [-0.05, 0) is 20.8 Å². The fourth-order valence-electron chi connectivity index (χ4n) is 2.19. The summed E-state index contributed by atoms with van der Waals surface area (Å²) in [4.78, 5) is 6.91. The smallest absolute Gasteiger partial charge is 0.210 e. The van der Waals surface area contributed by atoms with Crippen LogP contribution in [0.2, 0.25) is 0 Å². The molecule has 1 aliphatic heterocycles. The third kappa shape index (κ3) is 9.65. The number of hydrogen-bond acceptors (Lipinski definition) is 5. The number of morpholine rings is 1. The van der Waals surface area contributed by atoms with Gasteiger partial charge in [0.1, 0.15) is 0 Å². The highest BCUT2D eigenvalue weighted by atomic mass is 127. The van der Waals surface area contributed by atoms with Crippen molar-refractivity contribution in [2.24, 2.45) is 10.1 Å². The summed E-state index contributed by atoms with van der Waals surface area (Å²) in [7, 11) is -3.46. The fraction of sp³-hybridized carbons (Fsp3) is 0.923. The molecule has 0 radical (unpaired) electrons. The number of nitrogens with zero attached hydrogens (tertiary/aromatic N) is 2. The molecule has 1 fully saturated rings.